The molecule has 0 spiro atoms. The fourth-order valence-corrected chi connectivity index (χ4v) is 2.88. The van der Waals surface area contributed by atoms with Crippen LogP contribution in [-0.2, 0) is 0 Å². The molecule has 1 aliphatic rings. The summed E-state index contributed by atoms with van der Waals surface area (Å²) in [6, 6.07) is 8.81. The average Bonchev–Trinajstić information content (AvgIpc) is 3.11. The topological polar surface area (TPSA) is 53.9 Å². The summed E-state index contributed by atoms with van der Waals surface area (Å²) >= 11 is 0. The Morgan fingerprint density at radius 2 is 1.87 bits per heavy atom. The highest BCUT2D eigenvalue weighted by molar-refractivity contribution is 5.90. The molecular formula is C17H16FN5. The Hall–Kier alpha value is -2.76. The van der Waals surface area contributed by atoms with Crippen molar-refractivity contribution in [3.05, 3.63) is 48.7 Å². The van der Waals surface area contributed by atoms with Crippen molar-refractivity contribution in [2.45, 2.75) is 12.8 Å². The minimum Gasteiger partial charge on any atom is -0.357 e. The normalized spacial score (nSPS) is 14.4. The molecule has 116 valence electrons. The van der Waals surface area contributed by atoms with Crippen molar-refractivity contribution in [1.29, 1.82) is 0 Å². The molecule has 1 aromatic carbocycles. The fourth-order valence-electron chi connectivity index (χ4n) is 2.88. The third kappa shape index (κ3) is 2.67. The Balaban J connectivity index is 1.62. The van der Waals surface area contributed by atoms with E-state index in [4.69, 9.17) is 0 Å². The van der Waals surface area contributed by atoms with Gasteiger partial charge in [-0.2, -0.15) is 0 Å². The van der Waals surface area contributed by atoms with Crippen molar-refractivity contribution in [3.8, 4) is 0 Å². The van der Waals surface area contributed by atoms with Crippen LogP contribution in [0.1, 0.15) is 12.8 Å². The third-order valence-electron chi connectivity index (χ3n) is 4.06. The second-order valence-corrected chi connectivity index (χ2v) is 5.58. The van der Waals surface area contributed by atoms with Gasteiger partial charge < -0.3 is 10.2 Å². The zero-order valence-corrected chi connectivity index (χ0v) is 12.5. The summed E-state index contributed by atoms with van der Waals surface area (Å²) in [4.78, 5) is 15.0. The maximum Gasteiger partial charge on any atom is 0.149 e. The van der Waals surface area contributed by atoms with Crippen molar-refractivity contribution in [3.63, 3.8) is 0 Å². The van der Waals surface area contributed by atoms with Gasteiger partial charge in [0.05, 0.1) is 11.9 Å². The summed E-state index contributed by atoms with van der Waals surface area (Å²) in [7, 11) is 0. The van der Waals surface area contributed by atoms with Gasteiger partial charge in [0.2, 0.25) is 0 Å². The van der Waals surface area contributed by atoms with Gasteiger partial charge in [-0.05, 0) is 37.1 Å². The lowest BCUT2D eigenvalue weighted by molar-refractivity contribution is 0.636. The lowest BCUT2D eigenvalue weighted by atomic mass is 10.2. The van der Waals surface area contributed by atoms with Gasteiger partial charge in [-0.15, -0.1) is 0 Å². The molecule has 23 heavy (non-hydrogen) atoms. The summed E-state index contributed by atoms with van der Waals surface area (Å²) in [5, 5.41) is 3.84. The molecule has 0 bridgehead atoms. The first-order valence-electron chi connectivity index (χ1n) is 7.68. The summed E-state index contributed by atoms with van der Waals surface area (Å²) in [5.74, 6) is 1.22. The minimum absolute atomic E-state index is 0.312. The molecule has 0 saturated carbocycles. The van der Waals surface area contributed by atoms with Crippen LogP contribution in [0.3, 0.4) is 0 Å². The zero-order valence-electron chi connectivity index (χ0n) is 12.5. The van der Waals surface area contributed by atoms with Crippen LogP contribution in [0, 0.1) is 5.82 Å². The molecular weight excluding hydrogens is 293 g/mol. The standard InChI is InChI=1S/C17H16FN5/c18-14-5-3-4-13-16(14)20-11-21-17(13)22-12-6-7-15(19-10-12)23-8-1-2-9-23/h3-7,10-11H,1-2,8-9H2,(H,20,21,22). The lowest BCUT2D eigenvalue weighted by Crippen LogP contribution is -2.18. The van der Waals surface area contributed by atoms with Gasteiger partial charge in [-0.1, -0.05) is 6.07 Å². The second-order valence-electron chi connectivity index (χ2n) is 5.58. The molecule has 3 aromatic rings. The maximum absolute atomic E-state index is 13.8. The van der Waals surface area contributed by atoms with Gasteiger partial charge in [-0.3, -0.25) is 0 Å². The predicted molar refractivity (Wildman–Crippen MR) is 88.5 cm³/mol. The maximum atomic E-state index is 13.8. The van der Waals surface area contributed by atoms with E-state index in [1.54, 1.807) is 18.3 Å². The molecule has 4 rings (SSSR count). The average molecular weight is 309 g/mol. The van der Waals surface area contributed by atoms with Crippen LogP contribution in [0.15, 0.2) is 42.9 Å². The van der Waals surface area contributed by atoms with Crippen LogP contribution in [0.5, 0.6) is 0 Å². The molecule has 1 fully saturated rings. The van der Waals surface area contributed by atoms with Gasteiger partial charge in [0.1, 0.15) is 29.3 Å². The number of rotatable bonds is 3. The SMILES string of the molecule is Fc1cccc2c(Nc3ccc(N4CCCC4)nc3)ncnc12. The Morgan fingerprint density at radius 1 is 1.00 bits per heavy atom. The molecule has 1 aliphatic heterocycles. The molecule has 6 heteroatoms. The van der Waals surface area contributed by atoms with Gasteiger partial charge in [-0.25, -0.2) is 19.3 Å². The zero-order chi connectivity index (χ0) is 15.6. The molecule has 0 aliphatic carbocycles. The van der Waals surface area contributed by atoms with E-state index >= 15 is 0 Å². The Kier molecular flexibility index (Phi) is 3.49. The quantitative estimate of drug-likeness (QED) is 0.802. The number of nitrogens with zero attached hydrogens (tertiary/aromatic N) is 4. The van der Waals surface area contributed by atoms with Gasteiger partial charge in [0.25, 0.3) is 0 Å². The summed E-state index contributed by atoms with van der Waals surface area (Å²) in [6.45, 7) is 2.13. The predicted octanol–water partition coefficient (Wildman–Crippen LogP) is 3.51. The number of fused-ring (bicyclic) bond motifs is 1. The van der Waals surface area contributed by atoms with E-state index in [9.17, 15) is 4.39 Å². The summed E-state index contributed by atoms with van der Waals surface area (Å²) in [6.07, 6.45) is 5.58. The summed E-state index contributed by atoms with van der Waals surface area (Å²) in [5.41, 5.74) is 1.13. The molecule has 0 radical (unpaired) electrons. The Labute approximate surface area is 133 Å². The first-order valence-corrected chi connectivity index (χ1v) is 7.68. The number of aromatic nitrogens is 3. The highest BCUT2D eigenvalue weighted by Crippen LogP contribution is 2.25. The van der Waals surface area contributed by atoms with Gasteiger partial charge in [0, 0.05) is 18.5 Å². The number of nitrogens with one attached hydrogen (secondary N) is 1. The van der Waals surface area contributed by atoms with E-state index < -0.39 is 0 Å². The molecule has 5 nitrogen and oxygen atoms in total. The van der Waals surface area contributed by atoms with Crippen LogP contribution in [0.2, 0.25) is 0 Å². The largest absolute Gasteiger partial charge is 0.357 e. The monoisotopic (exact) mass is 309 g/mol. The number of anilines is 3. The smallest absolute Gasteiger partial charge is 0.149 e. The first-order chi connectivity index (χ1) is 11.3. The van der Waals surface area contributed by atoms with Crippen LogP contribution in [0.25, 0.3) is 10.9 Å². The van der Waals surface area contributed by atoms with Crippen LogP contribution in [-0.4, -0.2) is 28.0 Å². The molecule has 2 aromatic heterocycles. The minimum atomic E-state index is -0.351. The van der Waals surface area contributed by atoms with Crippen molar-refractivity contribution in [2.75, 3.05) is 23.3 Å². The van der Waals surface area contributed by atoms with E-state index in [-0.39, 0.29) is 5.82 Å². The van der Waals surface area contributed by atoms with E-state index in [2.05, 4.69) is 25.2 Å². The van der Waals surface area contributed by atoms with Crippen molar-refractivity contribution in [2.24, 2.45) is 0 Å². The molecule has 1 saturated heterocycles. The molecule has 1 N–H and O–H groups in total. The Morgan fingerprint density at radius 3 is 2.65 bits per heavy atom. The van der Waals surface area contributed by atoms with E-state index in [0.29, 0.717) is 16.7 Å². The molecule has 0 atom stereocenters. The van der Waals surface area contributed by atoms with E-state index in [0.717, 1.165) is 24.6 Å². The fraction of sp³-hybridized carbons (Fsp3) is 0.235. The number of hydrogen-bond donors (Lipinski definition) is 1. The van der Waals surface area contributed by atoms with E-state index in [1.165, 1.54) is 25.2 Å². The number of benzene rings is 1. The second kappa shape index (κ2) is 5.79. The van der Waals surface area contributed by atoms with Crippen LogP contribution < -0.4 is 10.2 Å². The van der Waals surface area contributed by atoms with Crippen LogP contribution >= 0.6 is 0 Å². The van der Waals surface area contributed by atoms with Crippen LogP contribution in [0.4, 0.5) is 21.7 Å². The number of para-hydroxylation sites is 1. The van der Waals surface area contributed by atoms with E-state index in [1.807, 2.05) is 12.1 Å². The number of halogens is 1. The molecule has 3 heterocycles. The highest BCUT2D eigenvalue weighted by Gasteiger charge is 2.13. The first kappa shape index (κ1) is 13.9. The van der Waals surface area contributed by atoms with Crippen molar-refractivity contribution < 1.29 is 4.39 Å². The molecule has 0 amide bonds. The lowest BCUT2D eigenvalue weighted by Gasteiger charge is -2.16. The van der Waals surface area contributed by atoms with Gasteiger partial charge >= 0.3 is 0 Å². The highest BCUT2D eigenvalue weighted by atomic mass is 19.1. The van der Waals surface area contributed by atoms with Gasteiger partial charge in [0.15, 0.2) is 0 Å². The Bertz CT molecular complexity index is 828. The molecule has 0 unspecified atom stereocenters. The van der Waals surface area contributed by atoms with Crippen molar-refractivity contribution in [1.82, 2.24) is 15.0 Å². The number of hydrogen-bond acceptors (Lipinski definition) is 5. The third-order valence-corrected chi connectivity index (χ3v) is 4.06. The number of pyridine rings is 1. The summed E-state index contributed by atoms with van der Waals surface area (Å²) < 4.78 is 13.8. The van der Waals surface area contributed by atoms with Crippen molar-refractivity contribution >= 4 is 28.2 Å².